The van der Waals surface area contributed by atoms with Crippen LogP contribution in [0.2, 0.25) is 0 Å². The lowest BCUT2D eigenvalue weighted by atomic mass is 10.1. The molecule has 0 aliphatic heterocycles. The van der Waals surface area contributed by atoms with Crippen LogP contribution in [-0.4, -0.2) is 6.54 Å². The molecule has 2 heteroatoms. The van der Waals surface area contributed by atoms with Gasteiger partial charge >= 0.3 is 0 Å². The summed E-state index contributed by atoms with van der Waals surface area (Å²) in [6.45, 7) is 7.34. The molecule has 2 atom stereocenters. The van der Waals surface area contributed by atoms with Gasteiger partial charge in [0.05, 0.1) is 0 Å². The molecule has 106 valence electrons. The second-order valence-electron chi connectivity index (χ2n) is 5.02. The molecule has 20 heavy (non-hydrogen) atoms. The van der Waals surface area contributed by atoms with Crippen molar-refractivity contribution in [2.75, 3.05) is 6.54 Å². The zero-order chi connectivity index (χ0) is 14.4. The van der Waals surface area contributed by atoms with Gasteiger partial charge in [-0.15, -0.1) is 0 Å². The van der Waals surface area contributed by atoms with Crippen molar-refractivity contribution >= 4 is 0 Å². The lowest BCUT2D eigenvalue weighted by Gasteiger charge is -2.17. The first-order valence-corrected chi connectivity index (χ1v) is 7.25. The molecule has 0 aliphatic carbocycles. The van der Waals surface area contributed by atoms with Crippen LogP contribution in [0.3, 0.4) is 0 Å². The summed E-state index contributed by atoms with van der Waals surface area (Å²) < 4.78 is 5.97. The lowest BCUT2D eigenvalue weighted by molar-refractivity contribution is 0.227. The second-order valence-corrected chi connectivity index (χ2v) is 5.02. The van der Waals surface area contributed by atoms with Crippen LogP contribution in [0.5, 0.6) is 5.75 Å². The molecular weight excluding hydrogens is 246 g/mol. The summed E-state index contributed by atoms with van der Waals surface area (Å²) in [6, 6.07) is 19.0. The minimum absolute atomic E-state index is 0.0632. The predicted octanol–water partition coefficient (Wildman–Crippen LogP) is 4.50. The molecule has 0 amide bonds. The number of hydrogen-bond donors (Lipinski definition) is 1. The van der Waals surface area contributed by atoms with Crippen LogP contribution in [0, 0.1) is 0 Å². The second kappa shape index (κ2) is 7.11. The minimum Gasteiger partial charge on any atom is -0.486 e. The van der Waals surface area contributed by atoms with Crippen LogP contribution in [0.4, 0.5) is 0 Å². The molecule has 0 aliphatic rings. The van der Waals surface area contributed by atoms with E-state index in [9.17, 15) is 0 Å². The highest BCUT2D eigenvalue weighted by Crippen LogP contribution is 2.23. The fourth-order valence-electron chi connectivity index (χ4n) is 2.26. The topological polar surface area (TPSA) is 21.3 Å². The Morgan fingerprint density at radius 3 is 2.15 bits per heavy atom. The third-order valence-electron chi connectivity index (χ3n) is 3.47. The van der Waals surface area contributed by atoms with Gasteiger partial charge in [-0.25, -0.2) is 0 Å². The van der Waals surface area contributed by atoms with E-state index in [1.807, 2.05) is 30.3 Å². The van der Waals surface area contributed by atoms with Gasteiger partial charge in [0, 0.05) is 6.04 Å². The third kappa shape index (κ3) is 3.84. The zero-order valence-electron chi connectivity index (χ0n) is 12.5. The summed E-state index contributed by atoms with van der Waals surface area (Å²) in [6.07, 6.45) is 0.0632. The van der Waals surface area contributed by atoms with E-state index in [0.29, 0.717) is 6.04 Å². The highest BCUT2D eigenvalue weighted by molar-refractivity contribution is 5.30. The molecule has 2 aromatic rings. The Kier molecular flexibility index (Phi) is 5.19. The van der Waals surface area contributed by atoms with Gasteiger partial charge in [-0.1, -0.05) is 49.4 Å². The highest BCUT2D eigenvalue weighted by atomic mass is 16.5. The normalized spacial score (nSPS) is 13.8. The smallest absolute Gasteiger partial charge is 0.121 e. The highest BCUT2D eigenvalue weighted by Gasteiger charge is 2.07. The quantitative estimate of drug-likeness (QED) is 0.834. The molecule has 0 bridgehead atoms. The van der Waals surface area contributed by atoms with Crippen molar-refractivity contribution < 1.29 is 4.74 Å². The summed E-state index contributed by atoms with van der Waals surface area (Å²) in [5.74, 6) is 0.911. The van der Waals surface area contributed by atoms with Crippen molar-refractivity contribution in [2.45, 2.75) is 32.9 Å². The molecule has 1 N–H and O–H groups in total. The van der Waals surface area contributed by atoms with Crippen LogP contribution in [0.15, 0.2) is 54.6 Å². The number of rotatable bonds is 6. The number of nitrogens with one attached hydrogen (secondary N) is 1. The Labute approximate surface area is 121 Å². The minimum atomic E-state index is 0.0632. The van der Waals surface area contributed by atoms with Gasteiger partial charge in [-0.2, -0.15) is 0 Å². The van der Waals surface area contributed by atoms with E-state index in [0.717, 1.165) is 12.3 Å². The van der Waals surface area contributed by atoms with Crippen LogP contribution in [0.25, 0.3) is 0 Å². The van der Waals surface area contributed by atoms with Crippen molar-refractivity contribution in [1.82, 2.24) is 5.32 Å². The zero-order valence-corrected chi connectivity index (χ0v) is 12.5. The molecule has 0 spiro atoms. The molecule has 2 rings (SSSR count). The summed E-state index contributed by atoms with van der Waals surface area (Å²) in [5.41, 5.74) is 2.48. The maximum atomic E-state index is 5.97. The average molecular weight is 269 g/mol. The first kappa shape index (κ1) is 14.6. The summed E-state index contributed by atoms with van der Waals surface area (Å²) in [7, 11) is 0. The summed E-state index contributed by atoms with van der Waals surface area (Å²) >= 11 is 0. The Morgan fingerprint density at radius 1 is 0.900 bits per heavy atom. The summed E-state index contributed by atoms with van der Waals surface area (Å²) in [5, 5.41) is 3.41. The standard InChI is InChI=1S/C18H23NO/c1-4-19-14(2)16-10-12-18(13-11-16)20-15(3)17-8-6-5-7-9-17/h5-15,19H,4H2,1-3H3. The van der Waals surface area contributed by atoms with E-state index >= 15 is 0 Å². The number of benzene rings is 2. The van der Waals surface area contributed by atoms with Crippen molar-refractivity contribution in [3.8, 4) is 5.75 Å². The van der Waals surface area contributed by atoms with Gasteiger partial charge in [-0.05, 0) is 43.7 Å². The van der Waals surface area contributed by atoms with E-state index < -0.39 is 0 Å². The molecule has 2 aromatic carbocycles. The van der Waals surface area contributed by atoms with Crippen LogP contribution < -0.4 is 10.1 Å². The van der Waals surface area contributed by atoms with Gasteiger partial charge in [0.1, 0.15) is 11.9 Å². The maximum Gasteiger partial charge on any atom is 0.121 e. The van der Waals surface area contributed by atoms with Crippen molar-refractivity contribution in [1.29, 1.82) is 0 Å². The Morgan fingerprint density at radius 2 is 1.55 bits per heavy atom. The summed E-state index contributed by atoms with van der Waals surface area (Å²) in [4.78, 5) is 0. The van der Waals surface area contributed by atoms with Gasteiger partial charge in [-0.3, -0.25) is 0 Å². The Bertz CT molecular complexity index is 507. The van der Waals surface area contributed by atoms with E-state index in [1.54, 1.807) is 0 Å². The maximum absolute atomic E-state index is 5.97. The van der Waals surface area contributed by atoms with E-state index in [-0.39, 0.29) is 6.10 Å². The molecule has 2 nitrogen and oxygen atoms in total. The van der Waals surface area contributed by atoms with Crippen molar-refractivity contribution in [3.05, 3.63) is 65.7 Å². The fraction of sp³-hybridized carbons (Fsp3) is 0.333. The van der Waals surface area contributed by atoms with E-state index in [1.165, 1.54) is 11.1 Å². The molecule has 0 heterocycles. The molecule has 0 fully saturated rings. The number of ether oxygens (including phenoxy) is 1. The van der Waals surface area contributed by atoms with E-state index in [2.05, 4.69) is 50.4 Å². The van der Waals surface area contributed by atoms with Gasteiger partial charge in [0.2, 0.25) is 0 Å². The largest absolute Gasteiger partial charge is 0.486 e. The van der Waals surface area contributed by atoms with Crippen LogP contribution in [-0.2, 0) is 0 Å². The van der Waals surface area contributed by atoms with Gasteiger partial charge in [0.25, 0.3) is 0 Å². The first-order valence-electron chi connectivity index (χ1n) is 7.25. The number of hydrogen-bond acceptors (Lipinski definition) is 2. The first-order chi connectivity index (χ1) is 9.70. The molecule has 0 radical (unpaired) electrons. The van der Waals surface area contributed by atoms with Crippen molar-refractivity contribution in [3.63, 3.8) is 0 Å². The van der Waals surface area contributed by atoms with Gasteiger partial charge < -0.3 is 10.1 Å². The van der Waals surface area contributed by atoms with Crippen LogP contribution in [0.1, 0.15) is 44.0 Å². The SMILES string of the molecule is CCNC(C)c1ccc(OC(C)c2ccccc2)cc1. The third-order valence-corrected chi connectivity index (χ3v) is 3.47. The van der Waals surface area contributed by atoms with Crippen molar-refractivity contribution in [2.24, 2.45) is 0 Å². The molecule has 2 unspecified atom stereocenters. The molecular formula is C18H23NO. The Hall–Kier alpha value is -1.80. The molecule has 0 saturated heterocycles. The van der Waals surface area contributed by atoms with Gasteiger partial charge in [0.15, 0.2) is 0 Å². The monoisotopic (exact) mass is 269 g/mol. The lowest BCUT2D eigenvalue weighted by Crippen LogP contribution is -2.17. The molecule has 0 aromatic heterocycles. The fourth-order valence-corrected chi connectivity index (χ4v) is 2.26. The Balaban J connectivity index is 2.00. The molecule has 0 saturated carbocycles. The average Bonchev–Trinajstić information content (AvgIpc) is 2.49. The predicted molar refractivity (Wildman–Crippen MR) is 84.0 cm³/mol. The van der Waals surface area contributed by atoms with Crippen LogP contribution >= 0.6 is 0 Å². The van der Waals surface area contributed by atoms with E-state index in [4.69, 9.17) is 4.74 Å².